The van der Waals surface area contributed by atoms with Gasteiger partial charge in [-0.15, -0.1) is 0 Å². The first kappa shape index (κ1) is 16.9. The van der Waals surface area contributed by atoms with Crippen molar-refractivity contribution in [3.05, 3.63) is 70.5 Å². The molecule has 0 fully saturated rings. The molecule has 0 heterocycles. The first-order valence-electron chi connectivity index (χ1n) is 7.18. The normalized spacial score (nSPS) is 13.8. The molecule has 0 aliphatic carbocycles. The Kier molecular flexibility index (Phi) is 6.34. The molecule has 2 rings (SSSR count). The number of aliphatic hydroxyl groups excluding tert-OH is 1. The van der Waals surface area contributed by atoms with E-state index in [0.29, 0.717) is 30.1 Å². The lowest BCUT2D eigenvalue weighted by atomic mass is 10.0. The van der Waals surface area contributed by atoms with Crippen LogP contribution in [0.1, 0.15) is 11.1 Å². The molecule has 3 nitrogen and oxygen atoms in total. The smallest absolute Gasteiger partial charge is 0.126 e. The van der Waals surface area contributed by atoms with Gasteiger partial charge in [0.1, 0.15) is 5.82 Å². The predicted octanol–water partition coefficient (Wildman–Crippen LogP) is 2.50. The number of nitrogens with one attached hydrogen (secondary N) is 1. The van der Waals surface area contributed by atoms with E-state index in [2.05, 4.69) is 5.32 Å². The Morgan fingerprint density at radius 2 is 1.95 bits per heavy atom. The van der Waals surface area contributed by atoms with Gasteiger partial charge in [-0.1, -0.05) is 41.9 Å². The fraction of sp³-hybridized carbons (Fsp3) is 0.294. The highest BCUT2D eigenvalue weighted by atomic mass is 35.5. The molecular weight excluding hydrogens is 303 g/mol. The Morgan fingerprint density at radius 1 is 1.18 bits per heavy atom. The van der Waals surface area contributed by atoms with Crippen LogP contribution in [0, 0.1) is 5.82 Å². The molecule has 5 heteroatoms. The van der Waals surface area contributed by atoms with Crippen LogP contribution >= 0.6 is 11.6 Å². The predicted molar refractivity (Wildman–Crippen MR) is 87.2 cm³/mol. The molecule has 0 aliphatic heterocycles. The fourth-order valence-corrected chi connectivity index (χ4v) is 2.43. The second-order valence-electron chi connectivity index (χ2n) is 5.29. The molecule has 0 aliphatic rings. The second-order valence-corrected chi connectivity index (χ2v) is 5.72. The van der Waals surface area contributed by atoms with Crippen LogP contribution in [0.25, 0.3) is 0 Å². The van der Waals surface area contributed by atoms with E-state index in [4.69, 9.17) is 17.3 Å². The number of hydrogen-bond acceptors (Lipinski definition) is 3. The molecule has 2 aromatic rings. The third kappa shape index (κ3) is 5.07. The maximum absolute atomic E-state index is 13.6. The Hall–Kier alpha value is -1.46. The van der Waals surface area contributed by atoms with Gasteiger partial charge in [0.2, 0.25) is 0 Å². The minimum Gasteiger partial charge on any atom is -0.390 e. The van der Waals surface area contributed by atoms with Crippen LogP contribution in [0.3, 0.4) is 0 Å². The van der Waals surface area contributed by atoms with Crippen LogP contribution in [0.15, 0.2) is 48.5 Å². The van der Waals surface area contributed by atoms with E-state index in [1.54, 1.807) is 18.2 Å². The summed E-state index contributed by atoms with van der Waals surface area (Å²) < 4.78 is 13.6. The number of halogens is 2. The lowest BCUT2D eigenvalue weighted by Crippen LogP contribution is -2.43. The highest BCUT2D eigenvalue weighted by Gasteiger charge is 2.16. The van der Waals surface area contributed by atoms with Gasteiger partial charge < -0.3 is 16.2 Å². The van der Waals surface area contributed by atoms with Crippen LogP contribution in [0.5, 0.6) is 0 Å². The first-order chi connectivity index (χ1) is 10.6. The van der Waals surface area contributed by atoms with Crippen molar-refractivity contribution in [3.63, 3.8) is 0 Å². The summed E-state index contributed by atoms with van der Waals surface area (Å²) in [5.74, 6) is -0.294. The minimum absolute atomic E-state index is 0.294. The molecule has 0 saturated carbocycles. The van der Waals surface area contributed by atoms with Gasteiger partial charge in [0.05, 0.1) is 6.10 Å². The molecule has 0 unspecified atom stereocenters. The van der Waals surface area contributed by atoms with Gasteiger partial charge in [0.25, 0.3) is 0 Å². The van der Waals surface area contributed by atoms with E-state index in [1.165, 1.54) is 6.07 Å². The molecule has 2 aromatic carbocycles. The van der Waals surface area contributed by atoms with Crippen LogP contribution in [-0.2, 0) is 13.0 Å². The van der Waals surface area contributed by atoms with Crippen LogP contribution in [0.4, 0.5) is 4.39 Å². The summed E-state index contributed by atoms with van der Waals surface area (Å²) in [5.41, 5.74) is 7.49. The molecule has 22 heavy (non-hydrogen) atoms. The molecule has 0 bridgehead atoms. The molecule has 0 aromatic heterocycles. The SMILES string of the molecule is N[C@@H](Cc1ccccc1F)[C@H](O)CNCc1cccc(Cl)c1. The quantitative estimate of drug-likeness (QED) is 0.734. The number of benzene rings is 2. The van der Waals surface area contributed by atoms with E-state index in [9.17, 15) is 9.50 Å². The zero-order chi connectivity index (χ0) is 15.9. The van der Waals surface area contributed by atoms with Gasteiger partial charge in [-0.05, 0) is 35.7 Å². The van der Waals surface area contributed by atoms with Crippen molar-refractivity contribution in [2.45, 2.75) is 25.1 Å². The molecule has 0 amide bonds. The van der Waals surface area contributed by atoms with Crippen molar-refractivity contribution in [1.82, 2.24) is 5.32 Å². The van der Waals surface area contributed by atoms with Crippen LogP contribution in [0.2, 0.25) is 5.02 Å². The molecule has 0 saturated heterocycles. The monoisotopic (exact) mass is 322 g/mol. The molecule has 4 N–H and O–H groups in total. The van der Waals surface area contributed by atoms with E-state index >= 15 is 0 Å². The van der Waals surface area contributed by atoms with Crippen molar-refractivity contribution in [2.24, 2.45) is 5.73 Å². The summed E-state index contributed by atoms with van der Waals surface area (Å²) >= 11 is 5.91. The van der Waals surface area contributed by atoms with Crippen LogP contribution < -0.4 is 11.1 Å². The standard InChI is InChI=1S/C17H20ClFN2O/c18-14-6-3-4-12(8-14)10-21-11-17(22)16(20)9-13-5-1-2-7-15(13)19/h1-8,16-17,21-22H,9-11,20H2/t16-,17+/m0/s1. The van der Waals surface area contributed by atoms with E-state index < -0.39 is 12.1 Å². The largest absolute Gasteiger partial charge is 0.390 e. The summed E-state index contributed by atoms with van der Waals surface area (Å²) in [5, 5.41) is 13.9. The van der Waals surface area contributed by atoms with E-state index in [0.717, 1.165) is 5.56 Å². The van der Waals surface area contributed by atoms with Gasteiger partial charge in [-0.2, -0.15) is 0 Å². The Labute approximate surface area is 134 Å². The highest BCUT2D eigenvalue weighted by molar-refractivity contribution is 6.30. The molecular formula is C17H20ClFN2O. The Bertz CT molecular complexity index is 609. The average molecular weight is 323 g/mol. The van der Waals surface area contributed by atoms with Crippen LogP contribution in [-0.4, -0.2) is 23.8 Å². The van der Waals surface area contributed by atoms with Gasteiger partial charge in [-0.25, -0.2) is 4.39 Å². The molecule has 2 atom stereocenters. The summed E-state index contributed by atoms with van der Waals surface area (Å²) in [6.07, 6.45) is -0.453. The average Bonchev–Trinajstić information content (AvgIpc) is 2.49. The van der Waals surface area contributed by atoms with Gasteiger partial charge >= 0.3 is 0 Å². The summed E-state index contributed by atoms with van der Waals surface area (Å²) in [4.78, 5) is 0. The Balaban J connectivity index is 1.79. The maximum atomic E-state index is 13.6. The maximum Gasteiger partial charge on any atom is 0.126 e. The summed E-state index contributed by atoms with van der Waals surface area (Å²) in [6, 6.07) is 13.4. The van der Waals surface area contributed by atoms with Crippen molar-refractivity contribution in [3.8, 4) is 0 Å². The topological polar surface area (TPSA) is 58.3 Å². The van der Waals surface area contributed by atoms with Gasteiger partial charge in [-0.3, -0.25) is 0 Å². The minimum atomic E-state index is -0.751. The first-order valence-corrected chi connectivity index (χ1v) is 7.56. The number of rotatable bonds is 7. The fourth-order valence-electron chi connectivity index (χ4n) is 2.22. The number of aliphatic hydroxyl groups is 1. The third-order valence-electron chi connectivity index (χ3n) is 3.48. The van der Waals surface area contributed by atoms with Gasteiger partial charge in [0, 0.05) is 24.2 Å². The zero-order valence-electron chi connectivity index (χ0n) is 12.2. The van der Waals surface area contributed by atoms with Crippen molar-refractivity contribution in [2.75, 3.05) is 6.54 Å². The van der Waals surface area contributed by atoms with E-state index in [-0.39, 0.29) is 5.82 Å². The van der Waals surface area contributed by atoms with Crippen molar-refractivity contribution < 1.29 is 9.50 Å². The third-order valence-corrected chi connectivity index (χ3v) is 3.71. The highest BCUT2D eigenvalue weighted by Crippen LogP contribution is 2.11. The van der Waals surface area contributed by atoms with Crippen molar-refractivity contribution in [1.29, 1.82) is 0 Å². The summed E-state index contributed by atoms with van der Waals surface area (Å²) in [7, 11) is 0. The molecule has 0 spiro atoms. The lowest BCUT2D eigenvalue weighted by Gasteiger charge is -2.19. The lowest BCUT2D eigenvalue weighted by molar-refractivity contribution is 0.141. The molecule has 0 radical (unpaired) electrons. The second kappa shape index (κ2) is 8.25. The summed E-state index contributed by atoms with van der Waals surface area (Å²) in [6.45, 7) is 0.923. The van der Waals surface area contributed by atoms with Gasteiger partial charge in [0.15, 0.2) is 0 Å². The zero-order valence-corrected chi connectivity index (χ0v) is 12.9. The van der Waals surface area contributed by atoms with Crippen molar-refractivity contribution >= 4 is 11.6 Å². The number of hydrogen-bond donors (Lipinski definition) is 3. The van der Waals surface area contributed by atoms with E-state index in [1.807, 2.05) is 24.3 Å². The Morgan fingerprint density at radius 3 is 2.68 bits per heavy atom. The molecule has 118 valence electrons. The number of nitrogens with two attached hydrogens (primary N) is 1.